The maximum atomic E-state index is 13.3. The van der Waals surface area contributed by atoms with Crippen molar-refractivity contribution >= 4 is 56.1 Å². The maximum absolute atomic E-state index is 13.3. The first-order valence-corrected chi connectivity index (χ1v) is 15.0. The Balaban J connectivity index is 1.27. The normalized spacial score (nSPS) is 13.7. The van der Waals surface area contributed by atoms with E-state index in [9.17, 15) is 10.1 Å². The highest BCUT2D eigenvalue weighted by Gasteiger charge is 2.26. The van der Waals surface area contributed by atoms with Gasteiger partial charge in [-0.2, -0.15) is 5.26 Å². The van der Waals surface area contributed by atoms with Crippen LogP contribution < -0.4 is 5.32 Å². The fourth-order valence-corrected chi connectivity index (χ4v) is 7.32. The van der Waals surface area contributed by atoms with Crippen molar-refractivity contribution in [1.82, 2.24) is 19.7 Å². The molecule has 0 fully saturated rings. The second-order valence-corrected chi connectivity index (χ2v) is 12.0. The van der Waals surface area contributed by atoms with Gasteiger partial charge in [0.15, 0.2) is 5.65 Å². The third-order valence-corrected chi connectivity index (χ3v) is 9.68. The summed E-state index contributed by atoms with van der Waals surface area (Å²) in [5, 5.41) is 23.6. The van der Waals surface area contributed by atoms with Crippen molar-refractivity contribution in [3.8, 4) is 6.07 Å². The maximum Gasteiger partial charge on any atom is 0.238 e. The van der Waals surface area contributed by atoms with Crippen molar-refractivity contribution in [3.05, 3.63) is 76.2 Å². The van der Waals surface area contributed by atoms with Crippen LogP contribution in [0.2, 0.25) is 0 Å². The number of fused-ring (bicyclic) bond motifs is 4. The predicted octanol–water partition coefficient (Wildman–Crippen LogP) is 6.54. The first kappa shape index (κ1) is 25.5. The number of para-hydroxylation sites is 1. The molecule has 1 N–H and O–H groups in total. The molecule has 9 heteroatoms. The number of nitriles is 1. The Morgan fingerprint density at radius 3 is 2.74 bits per heavy atom. The van der Waals surface area contributed by atoms with Crippen LogP contribution in [0.4, 0.5) is 5.00 Å². The van der Waals surface area contributed by atoms with Gasteiger partial charge in [-0.1, -0.05) is 67.2 Å². The molecule has 0 unspecified atom stereocenters. The van der Waals surface area contributed by atoms with Crippen molar-refractivity contribution in [2.24, 2.45) is 0 Å². The molecular weight excluding hydrogens is 525 g/mol. The van der Waals surface area contributed by atoms with E-state index in [1.165, 1.54) is 22.2 Å². The van der Waals surface area contributed by atoms with Gasteiger partial charge in [-0.05, 0) is 55.7 Å². The predicted molar refractivity (Wildman–Crippen MR) is 157 cm³/mol. The molecule has 3 heterocycles. The Morgan fingerprint density at radius 1 is 1.13 bits per heavy atom. The Labute approximate surface area is 235 Å². The van der Waals surface area contributed by atoms with Crippen LogP contribution in [0.15, 0.2) is 59.8 Å². The lowest BCUT2D eigenvalue weighted by Gasteiger charge is -2.13. The molecule has 2 aromatic carbocycles. The fourth-order valence-electron chi connectivity index (χ4n) is 5.27. The first-order valence-electron chi connectivity index (χ1n) is 13.3. The molecule has 39 heavy (non-hydrogen) atoms. The third-order valence-electron chi connectivity index (χ3n) is 7.25. The van der Waals surface area contributed by atoms with Gasteiger partial charge in [0.25, 0.3) is 0 Å². The van der Waals surface area contributed by atoms with Gasteiger partial charge in [-0.3, -0.25) is 4.79 Å². The number of carbonyl (C=O) groups excluding carboxylic acids is 1. The monoisotopic (exact) mass is 552 g/mol. The zero-order chi connectivity index (χ0) is 26.8. The van der Waals surface area contributed by atoms with E-state index in [0.717, 1.165) is 66.3 Å². The van der Waals surface area contributed by atoms with Crippen LogP contribution in [0.3, 0.4) is 0 Å². The van der Waals surface area contributed by atoms with Gasteiger partial charge in [0, 0.05) is 16.8 Å². The number of aryl methyl sites for hydroxylation is 3. The topological polar surface area (TPSA) is 96.5 Å². The van der Waals surface area contributed by atoms with Crippen LogP contribution in [0.5, 0.6) is 0 Å². The molecule has 196 valence electrons. The van der Waals surface area contributed by atoms with E-state index in [1.807, 2.05) is 25.1 Å². The zero-order valence-electron chi connectivity index (χ0n) is 21.7. The summed E-state index contributed by atoms with van der Waals surface area (Å²) in [5.74, 6) is -0.133. The van der Waals surface area contributed by atoms with Crippen LogP contribution in [0, 0.1) is 11.3 Å². The molecular formula is C30H28N6OS2. The van der Waals surface area contributed by atoms with Crippen LogP contribution in [-0.4, -0.2) is 30.9 Å². The molecule has 6 rings (SSSR count). The summed E-state index contributed by atoms with van der Waals surface area (Å²) in [6.45, 7) is 2.74. The second-order valence-electron chi connectivity index (χ2n) is 9.70. The number of thiophene rings is 1. The van der Waals surface area contributed by atoms with Crippen molar-refractivity contribution in [3.63, 3.8) is 0 Å². The van der Waals surface area contributed by atoms with E-state index >= 15 is 0 Å². The van der Waals surface area contributed by atoms with E-state index in [2.05, 4.69) is 62.5 Å². The van der Waals surface area contributed by atoms with Crippen molar-refractivity contribution in [2.45, 2.75) is 62.4 Å². The first-order chi connectivity index (χ1) is 19.2. The lowest BCUT2D eigenvalue weighted by Crippen LogP contribution is -2.25. The van der Waals surface area contributed by atoms with Gasteiger partial charge in [0.2, 0.25) is 11.1 Å². The van der Waals surface area contributed by atoms with Crippen molar-refractivity contribution < 1.29 is 4.79 Å². The van der Waals surface area contributed by atoms with E-state index in [0.29, 0.717) is 22.1 Å². The van der Waals surface area contributed by atoms with Gasteiger partial charge < -0.3 is 9.88 Å². The molecule has 0 radical (unpaired) electrons. The fraction of sp³-hybridized carbons (Fsp3) is 0.300. The summed E-state index contributed by atoms with van der Waals surface area (Å²) < 4.78 is 2.20. The van der Waals surface area contributed by atoms with Crippen LogP contribution in [0.1, 0.15) is 47.8 Å². The number of hydrogen-bond donors (Lipinski definition) is 1. The van der Waals surface area contributed by atoms with Gasteiger partial charge >= 0.3 is 0 Å². The molecule has 0 saturated heterocycles. The number of hydrogen-bond acceptors (Lipinski definition) is 7. The van der Waals surface area contributed by atoms with Crippen molar-refractivity contribution in [1.29, 1.82) is 5.26 Å². The molecule has 1 atom stereocenters. The van der Waals surface area contributed by atoms with Crippen LogP contribution >= 0.6 is 23.1 Å². The van der Waals surface area contributed by atoms with Gasteiger partial charge in [0.1, 0.15) is 16.6 Å². The van der Waals surface area contributed by atoms with Crippen LogP contribution in [0.25, 0.3) is 22.1 Å². The molecule has 1 aliphatic rings. The SMILES string of the molecule is CC[C@@H](Sc1nnc2c3ccccc3n(CCc3ccccc3)c2n1)C(=O)Nc1sc2c(c1C#N)CCCC2. The Hall–Kier alpha value is -3.74. The summed E-state index contributed by atoms with van der Waals surface area (Å²) in [6.07, 6.45) is 5.58. The third kappa shape index (κ3) is 5.02. The summed E-state index contributed by atoms with van der Waals surface area (Å²) >= 11 is 2.87. The Bertz CT molecular complexity index is 1700. The van der Waals surface area contributed by atoms with Gasteiger partial charge in [-0.25, -0.2) is 4.98 Å². The molecule has 5 aromatic rings. The number of nitrogens with zero attached hydrogens (tertiary/aromatic N) is 5. The highest BCUT2D eigenvalue weighted by atomic mass is 32.2. The highest BCUT2D eigenvalue weighted by Crippen LogP contribution is 2.38. The quantitative estimate of drug-likeness (QED) is 0.220. The zero-order valence-corrected chi connectivity index (χ0v) is 23.3. The second kappa shape index (κ2) is 11.2. The summed E-state index contributed by atoms with van der Waals surface area (Å²) in [4.78, 5) is 19.5. The Kier molecular flexibility index (Phi) is 7.31. The largest absolute Gasteiger partial charge is 0.323 e. The molecule has 0 bridgehead atoms. The van der Waals surface area contributed by atoms with Gasteiger partial charge in [0.05, 0.1) is 16.3 Å². The lowest BCUT2D eigenvalue weighted by molar-refractivity contribution is -0.115. The average Bonchev–Trinajstić information content (AvgIpc) is 3.49. The van der Waals surface area contributed by atoms with E-state index in [1.54, 1.807) is 11.3 Å². The van der Waals surface area contributed by atoms with Crippen LogP contribution in [-0.2, 0) is 30.6 Å². The van der Waals surface area contributed by atoms with E-state index in [-0.39, 0.29) is 5.91 Å². The van der Waals surface area contributed by atoms with E-state index in [4.69, 9.17) is 4.98 Å². The molecule has 0 saturated carbocycles. The molecule has 0 spiro atoms. The molecule has 1 amide bonds. The number of rotatable bonds is 8. The smallest absolute Gasteiger partial charge is 0.238 e. The lowest BCUT2D eigenvalue weighted by atomic mass is 9.96. The standard InChI is InChI=1S/C30H28N6OS2/c1-2-24(28(37)33-29-22(18-31)20-12-7-9-15-25(20)38-29)39-30-32-27-26(34-35-30)21-13-6-8-14-23(21)36(27)17-16-19-10-4-3-5-11-19/h3-6,8,10-11,13-14,24H,2,7,9,12,15-17H2,1H3,(H,33,37)/t24-/m1/s1. The summed E-state index contributed by atoms with van der Waals surface area (Å²) in [5.41, 5.74) is 5.62. The van der Waals surface area contributed by atoms with Crippen molar-refractivity contribution in [2.75, 3.05) is 5.32 Å². The number of amides is 1. The number of nitrogens with one attached hydrogen (secondary N) is 1. The minimum absolute atomic E-state index is 0.133. The molecule has 3 aromatic heterocycles. The summed E-state index contributed by atoms with van der Waals surface area (Å²) in [7, 11) is 0. The minimum Gasteiger partial charge on any atom is -0.323 e. The Morgan fingerprint density at radius 2 is 1.92 bits per heavy atom. The number of benzene rings is 2. The van der Waals surface area contributed by atoms with Gasteiger partial charge in [-0.15, -0.1) is 21.5 Å². The highest BCUT2D eigenvalue weighted by molar-refractivity contribution is 8.00. The average molecular weight is 553 g/mol. The number of anilines is 1. The number of aromatic nitrogens is 4. The molecule has 1 aliphatic carbocycles. The van der Waals surface area contributed by atoms with E-state index < -0.39 is 5.25 Å². The molecule has 0 aliphatic heterocycles. The number of thioether (sulfide) groups is 1. The number of carbonyl (C=O) groups is 1. The molecule has 7 nitrogen and oxygen atoms in total. The summed E-state index contributed by atoms with van der Waals surface area (Å²) in [6, 6.07) is 20.9. The minimum atomic E-state index is -0.405.